The zero-order valence-electron chi connectivity index (χ0n) is 16.7. The van der Waals surface area contributed by atoms with Crippen LogP contribution in [0.2, 0.25) is 10.0 Å². The Bertz CT molecular complexity index is 1160. The molecule has 2 aromatic carbocycles. The molecule has 0 unspecified atom stereocenters. The van der Waals surface area contributed by atoms with E-state index in [1.165, 1.54) is 17.7 Å². The molecule has 1 aliphatic rings. The van der Waals surface area contributed by atoms with Gasteiger partial charge in [-0.1, -0.05) is 35.3 Å². The van der Waals surface area contributed by atoms with E-state index in [2.05, 4.69) is 5.10 Å². The molecule has 0 bridgehead atoms. The van der Waals surface area contributed by atoms with Crippen molar-refractivity contribution in [2.75, 3.05) is 26.2 Å². The first kappa shape index (κ1) is 21.3. The van der Waals surface area contributed by atoms with Crippen molar-refractivity contribution in [3.63, 3.8) is 0 Å². The van der Waals surface area contributed by atoms with Gasteiger partial charge in [0.05, 0.1) is 21.4 Å². The second-order valence-corrected chi connectivity index (χ2v) is 8.02. The number of hydrogen-bond donors (Lipinski definition) is 0. The highest BCUT2D eigenvalue weighted by Crippen LogP contribution is 2.28. The van der Waals surface area contributed by atoms with Crippen molar-refractivity contribution >= 4 is 35.0 Å². The van der Waals surface area contributed by atoms with Gasteiger partial charge in [-0.15, -0.1) is 0 Å². The summed E-state index contributed by atoms with van der Waals surface area (Å²) in [7, 11) is 0. The number of piperazine rings is 1. The number of aromatic nitrogens is 2. The van der Waals surface area contributed by atoms with Gasteiger partial charge < -0.3 is 9.80 Å². The van der Waals surface area contributed by atoms with Gasteiger partial charge in [-0.3, -0.25) is 9.59 Å². The molecule has 2 amide bonds. The molecule has 0 atom stereocenters. The smallest absolute Gasteiger partial charge is 0.272 e. The van der Waals surface area contributed by atoms with Gasteiger partial charge in [0.2, 0.25) is 5.91 Å². The molecule has 2 heterocycles. The zero-order chi connectivity index (χ0) is 22.1. The molecule has 160 valence electrons. The number of hydrogen-bond acceptors (Lipinski definition) is 3. The lowest BCUT2D eigenvalue weighted by Gasteiger charge is -2.34. The van der Waals surface area contributed by atoms with Crippen molar-refractivity contribution in [1.82, 2.24) is 19.6 Å². The van der Waals surface area contributed by atoms with Gasteiger partial charge in [-0.25, -0.2) is 9.07 Å². The summed E-state index contributed by atoms with van der Waals surface area (Å²) in [5, 5.41) is 5.19. The molecule has 1 saturated heterocycles. The van der Waals surface area contributed by atoms with Crippen molar-refractivity contribution < 1.29 is 14.0 Å². The SMILES string of the molecule is CC(=O)N1CCN(C(=O)c2cc(-c3ccccc3F)nn2-c2ccc(Cl)c(Cl)c2)CC1. The maximum atomic E-state index is 14.4. The minimum atomic E-state index is -0.435. The normalized spacial score (nSPS) is 14.1. The number of carbonyl (C=O) groups excluding carboxylic acids is 2. The molecule has 0 radical (unpaired) electrons. The van der Waals surface area contributed by atoms with Crippen molar-refractivity contribution in [2.24, 2.45) is 0 Å². The first-order valence-electron chi connectivity index (χ1n) is 9.70. The lowest BCUT2D eigenvalue weighted by molar-refractivity contribution is -0.130. The van der Waals surface area contributed by atoms with Gasteiger partial charge in [-0.05, 0) is 36.4 Å². The quantitative estimate of drug-likeness (QED) is 0.585. The van der Waals surface area contributed by atoms with E-state index in [1.54, 1.807) is 52.3 Å². The second-order valence-electron chi connectivity index (χ2n) is 7.20. The first-order chi connectivity index (χ1) is 14.8. The summed E-state index contributed by atoms with van der Waals surface area (Å²) >= 11 is 12.2. The van der Waals surface area contributed by atoms with Crippen LogP contribution in [0.4, 0.5) is 4.39 Å². The van der Waals surface area contributed by atoms with E-state index in [4.69, 9.17) is 23.2 Å². The Kier molecular flexibility index (Phi) is 5.98. The van der Waals surface area contributed by atoms with Crippen molar-refractivity contribution in [1.29, 1.82) is 0 Å². The molecule has 0 spiro atoms. The molecular formula is C22H19Cl2FN4O2. The van der Waals surface area contributed by atoms with Crippen LogP contribution in [0, 0.1) is 5.82 Å². The Balaban J connectivity index is 1.75. The van der Waals surface area contributed by atoms with Gasteiger partial charge in [0.15, 0.2) is 0 Å². The summed E-state index contributed by atoms with van der Waals surface area (Å²) in [6, 6.07) is 12.7. The molecule has 1 fully saturated rings. The third-order valence-corrected chi connectivity index (χ3v) is 5.98. The Morgan fingerprint density at radius 2 is 1.61 bits per heavy atom. The van der Waals surface area contributed by atoms with Crippen LogP contribution in [0.3, 0.4) is 0 Å². The topological polar surface area (TPSA) is 58.4 Å². The Morgan fingerprint density at radius 3 is 2.26 bits per heavy atom. The van der Waals surface area contributed by atoms with E-state index >= 15 is 0 Å². The average molecular weight is 461 g/mol. The van der Waals surface area contributed by atoms with Crippen LogP contribution in [0.5, 0.6) is 0 Å². The fourth-order valence-corrected chi connectivity index (χ4v) is 3.83. The highest BCUT2D eigenvalue weighted by molar-refractivity contribution is 6.42. The summed E-state index contributed by atoms with van der Waals surface area (Å²) < 4.78 is 15.8. The standard InChI is InChI=1S/C22H19Cl2FN4O2/c1-14(30)27-8-10-28(11-9-27)22(31)21-13-20(16-4-2-3-5-19(16)25)26-29(21)15-6-7-17(23)18(24)12-15/h2-7,12-13H,8-11H2,1H3. The summed E-state index contributed by atoms with van der Waals surface area (Å²) in [6.07, 6.45) is 0. The molecule has 4 rings (SSSR count). The molecule has 3 aromatic rings. The number of nitrogens with zero attached hydrogens (tertiary/aromatic N) is 4. The van der Waals surface area contributed by atoms with E-state index in [9.17, 15) is 14.0 Å². The van der Waals surface area contributed by atoms with Crippen LogP contribution < -0.4 is 0 Å². The van der Waals surface area contributed by atoms with Crippen molar-refractivity contribution in [3.05, 3.63) is 70.1 Å². The van der Waals surface area contributed by atoms with Gasteiger partial charge in [-0.2, -0.15) is 5.10 Å². The Labute approximate surface area is 188 Å². The van der Waals surface area contributed by atoms with Crippen LogP contribution in [0.1, 0.15) is 17.4 Å². The molecule has 0 N–H and O–H groups in total. The second kappa shape index (κ2) is 8.69. The molecule has 0 aliphatic carbocycles. The fraction of sp³-hybridized carbons (Fsp3) is 0.227. The third kappa shape index (κ3) is 4.29. The minimum absolute atomic E-state index is 0.0187. The molecule has 6 nitrogen and oxygen atoms in total. The van der Waals surface area contributed by atoms with E-state index in [1.807, 2.05) is 0 Å². The van der Waals surface area contributed by atoms with Crippen LogP contribution >= 0.6 is 23.2 Å². The predicted molar refractivity (Wildman–Crippen MR) is 117 cm³/mol. The van der Waals surface area contributed by atoms with E-state index in [0.29, 0.717) is 47.6 Å². The maximum Gasteiger partial charge on any atom is 0.272 e. The molecule has 0 saturated carbocycles. The number of benzene rings is 2. The largest absolute Gasteiger partial charge is 0.339 e. The van der Waals surface area contributed by atoms with Crippen molar-refractivity contribution in [3.8, 4) is 16.9 Å². The number of amides is 2. The highest BCUT2D eigenvalue weighted by atomic mass is 35.5. The predicted octanol–water partition coefficient (Wildman–Crippen LogP) is 4.29. The minimum Gasteiger partial charge on any atom is -0.339 e. The monoisotopic (exact) mass is 460 g/mol. The third-order valence-electron chi connectivity index (χ3n) is 5.24. The molecule has 31 heavy (non-hydrogen) atoms. The fourth-order valence-electron chi connectivity index (χ4n) is 3.53. The van der Waals surface area contributed by atoms with E-state index in [0.717, 1.165) is 0 Å². The van der Waals surface area contributed by atoms with Gasteiger partial charge in [0.1, 0.15) is 11.5 Å². The number of rotatable bonds is 3. The van der Waals surface area contributed by atoms with Gasteiger partial charge in [0.25, 0.3) is 5.91 Å². The molecule has 1 aromatic heterocycles. The highest BCUT2D eigenvalue weighted by Gasteiger charge is 2.27. The average Bonchev–Trinajstić information content (AvgIpc) is 3.20. The van der Waals surface area contributed by atoms with Crippen LogP contribution in [0.25, 0.3) is 16.9 Å². The molecule has 9 heteroatoms. The summed E-state index contributed by atoms with van der Waals surface area (Å²) in [6.45, 7) is 3.24. The number of halogens is 3. The lowest BCUT2D eigenvalue weighted by Crippen LogP contribution is -2.50. The number of carbonyl (C=O) groups is 2. The van der Waals surface area contributed by atoms with E-state index in [-0.39, 0.29) is 23.1 Å². The van der Waals surface area contributed by atoms with Crippen LogP contribution in [-0.2, 0) is 4.79 Å². The summed E-state index contributed by atoms with van der Waals surface area (Å²) in [5.41, 5.74) is 1.42. The molecular weight excluding hydrogens is 442 g/mol. The van der Waals surface area contributed by atoms with Crippen molar-refractivity contribution in [2.45, 2.75) is 6.92 Å². The van der Waals surface area contributed by atoms with Crippen LogP contribution in [-0.4, -0.2) is 57.6 Å². The Morgan fingerprint density at radius 1 is 0.935 bits per heavy atom. The molecule has 1 aliphatic heterocycles. The Hall–Kier alpha value is -2.90. The lowest BCUT2D eigenvalue weighted by atomic mass is 10.1. The maximum absolute atomic E-state index is 14.4. The van der Waals surface area contributed by atoms with Gasteiger partial charge in [0, 0.05) is 38.7 Å². The van der Waals surface area contributed by atoms with Gasteiger partial charge >= 0.3 is 0 Å². The van der Waals surface area contributed by atoms with E-state index < -0.39 is 5.82 Å². The summed E-state index contributed by atoms with van der Waals surface area (Å²) in [4.78, 5) is 28.3. The zero-order valence-corrected chi connectivity index (χ0v) is 18.2. The summed E-state index contributed by atoms with van der Waals surface area (Å²) in [5.74, 6) is -0.713. The first-order valence-corrected chi connectivity index (χ1v) is 10.5. The van der Waals surface area contributed by atoms with Crippen LogP contribution in [0.15, 0.2) is 48.5 Å².